The van der Waals surface area contributed by atoms with Gasteiger partial charge in [-0.25, -0.2) is 0 Å². The number of rotatable bonds is 3. The summed E-state index contributed by atoms with van der Waals surface area (Å²) in [5, 5.41) is 1.25. The first-order chi connectivity index (χ1) is 7.31. The molecule has 1 heteroatoms. The van der Waals surface area contributed by atoms with E-state index in [0.29, 0.717) is 0 Å². The van der Waals surface area contributed by atoms with Crippen LogP contribution in [0, 0.1) is 6.92 Å². The molecular formula is C14H17N. The lowest BCUT2D eigenvalue weighted by molar-refractivity contribution is 0.792. The van der Waals surface area contributed by atoms with E-state index in [0.717, 1.165) is 5.52 Å². The number of aryl methyl sites for hydroxylation is 2. The molecule has 0 fully saturated rings. The van der Waals surface area contributed by atoms with Crippen LogP contribution in [-0.4, -0.2) is 4.98 Å². The zero-order valence-corrected chi connectivity index (χ0v) is 9.46. The highest BCUT2D eigenvalue weighted by Crippen LogP contribution is 2.19. The quantitative estimate of drug-likeness (QED) is 0.731. The van der Waals surface area contributed by atoms with Crippen molar-refractivity contribution in [3.05, 3.63) is 41.6 Å². The van der Waals surface area contributed by atoms with E-state index in [1.807, 2.05) is 12.3 Å². The maximum atomic E-state index is 4.39. The topological polar surface area (TPSA) is 12.9 Å². The van der Waals surface area contributed by atoms with Crippen LogP contribution >= 0.6 is 0 Å². The van der Waals surface area contributed by atoms with Gasteiger partial charge in [-0.2, -0.15) is 0 Å². The summed E-state index contributed by atoms with van der Waals surface area (Å²) in [5.41, 5.74) is 3.96. The van der Waals surface area contributed by atoms with Crippen molar-refractivity contribution in [3.63, 3.8) is 0 Å². The number of unbranched alkanes of at least 4 members (excludes halogenated alkanes) is 1. The first-order valence-electron chi connectivity index (χ1n) is 5.65. The number of fused-ring (bicyclic) bond motifs is 1. The molecule has 0 aliphatic rings. The van der Waals surface area contributed by atoms with E-state index in [4.69, 9.17) is 0 Å². The average Bonchev–Trinajstić information content (AvgIpc) is 2.26. The third kappa shape index (κ3) is 2.17. The van der Waals surface area contributed by atoms with Gasteiger partial charge in [0.05, 0.1) is 5.52 Å². The lowest BCUT2D eigenvalue weighted by atomic mass is 10.0. The molecule has 15 heavy (non-hydrogen) atoms. The van der Waals surface area contributed by atoms with Crippen molar-refractivity contribution in [2.24, 2.45) is 0 Å². The van der Waals surface area contributed by atoms with Crippen LogP contribution in [0.15, 0.2) is 30.5 Å². The molecule has 78 valence electrons. The Morgan fingerprint density at radius 1 is 1.27 bits per heavy atom. The van der Waals surface area contributed by atoms with Crippen LogP contribution in [0.1, 0.15) is 30.9 Å². The summed E-state index contributed by atoms with van der Waals surface area (Å²) < 4.78 is 0. The molecule has 0 N–H and O–H groups in total. The second-order valence-electron chi connectivity index (χ2n) is 4.08. The van der Waals surface area contributed by atoms with Gasteiger partial charge in [0.1, 0.15) is 0 Å². The maximum Gasteiger partial charge on any atom is 0.0704 e. The van der Waals surface area contributed by atoms with Crippen LogP contribution in [-0.2, 0) is 6.42 Å². The average molecular weight is 199 g/mol. The molecule has 1 aromatic carbocycles. The Labute approximate surface area is 91.2 Å². The van der Waals surface area contributed by atoms with Crippen LogP contribution in [0.4, 0.5) is 0 Å². The Hall–Kier alpha value is -1.37. The number of hydrogen-bond acceptors (Lipinski definition) is 1. The van der Waals surface area contributed by atoms with Gasteiger partial charge in [-0.1, -0.05) is 19.4 Å². The van der Waals surface area contributed by atoms with Gasteiger partial charge in [0.2, 0.25) is 0 Å². The summed E-state index contributed by atoms with van der Waals surface area (Å²) in [6.45, 7) is 4.42. The molecule has 0 unspecified atom stereocenters. The highest BCUT2D eigenvalue weighted by atomic mass is 14.6. The van der Waals surface area contributed by atoms with Gasteiger partial charge >= 0.3 is 0 Å². The monoisotopic (exact) mass is 199 g/mol. The number of benzene rings is 1. The van der Waals surface area contributed by atoms with Crippen molar-refractivity contribution >= 4 is 10.9 Å². The van der Waals surface area contributed by atoms with Crippen molar-refractivity contribution < 1.29 is 0 Å². The van der Waals surface area contributed by atoms with Crippen molar-refractivity contribution in [2.45, 2.75) is 33.1 Å². The van der Waals surface area contributed by atoms with E-state index in [1.54, 1.807) is 0 Å². The van der Waals surface area contributed by atoms with Crippen molar-refractivity contribution in [1.82, 2.24) is 4.98 Å². The molecule has 0 saturated carbocycles. The molecule has 0 aliphatic carbocycles. The number of aromatic nitrogens is 1. The molecular weight excluding hydrogens is 182 g/mol. The molecule has 0 amide bonds. The largest absolute Gasteiger partial charge is 0.256 e. The summed E-state index contributed by atoms with van der Waals surface area (Å²) in [6.07, 6.45) is 5.55. The van der Waals surface area contributed by atoms with E-state index >= 15 is 0 Å². The fourth-order valence-corrected chi connectivity index (χ4v) is 1.91. The Bertz CT molecular complexity index is 460. The summed E-state index contributed by atoms with van der Waals surface area (Å²) in [5.74, 6) is 0. The molecule has 0 aliphatic heterocycles. The second-order valence-corrected chi connectivity index (χ2v) is 4.08. The fourth-order valence-electron chi connectivity index (χ4n) is 1.91. The van der Waals surface area contributed by atoms with E-state index < -0.39 is 0 Å². The van der Waals surface area contributed by atoms with Crippen LogP contribution in [0.3, 0.4) is 0 Å². The Kier molecular flexibility index (Phi) is 3.00. The van der Waals surface area contributed by atoms with E-state index in [-0.39, 0.29) is 0 Å². The Morgan fingerprint density at radius 3 is 2.93 bits per heavy atom. The zero-order chi connectivity index (χ0) is 10.7. The highest BCUT2D eigenvalue weighted by Gasteiger charge is 2.01. The summed E-state index contributed by atoms with van der Waals surface area (Å²) in [4.78, 5) is 4.39. The molecule has 1 aromatic heterocycles. The van der Waals surface area contributed by atoms with Gasteiger partial charge in [0.25, 0.3) is 0 Å². The molecule has 0 radical (unpaired) electrons. The van der Waals surface area contributed by atoms with Crippen molar-refractivity contribution in [2.75, 3.05) is 0 Å². The van der Waals surface area contributed by atoms with Crippen LogP contribution in [0.5, 0.6) is 0 Å². The van der Waals surface area contributed by atoms with E-state index in [9.17, 15) is 0 Å². The standard InChI is InChI=1S/C14H17N/c1-3-4-6-12-10-14-13(9-11(12)2)7-5-8-15-14/h5,7-10H,3-4,6H2,1-2H3. The predicted octanol–water partition coefficient (Wildman–Crippen LogP) is 3.89. The SMILES string of the molecule is CCCCc1cc2ncccc2cc1C. The second kappa shape index (κ2) is 4.43. The highest BCUT2D eigenvalue weighted by molar-refractivity contribution is 5.80. The molecule has 0 spiro atoms. The predicted molar refractivity (Wildman–Crippen MR) is 65.1 cm³/mol. The smallest absolute Gasteiger partial charge is 0.0704 e. The molecule has 2 rings (SSSR count). The molecule has 1 heterocycles. The number of pyridine rings is 1. The third-order valence-electron chi connectivity index (χ3n) is 2.86. The van der Waals surface area contributed by atoms with E-state index in [2.05, 4.69) is 37.0 Å². The Balaban J connectivity index is 2.43. The molecule has 0 atom stereocenters. The molecule has 0 bridgehead atoms. The summed E-state index contributed by atoms with van der Waals surface area (Å²) in [7, 11) is 0. The van der Waals surface area contributed by atoms with Gasteiger partial charge in [0.15, 0.2) is 0 Å². The van der Waals surface area contributed by atoms with E-state index in [1.165, 1.54) is 35.8 Å². The van der Waals surface area contributed by atoms with Crippen LogP contribution < -0.4 is 0 Å². The lowest BCUT2D eigenvalue weighted by Gasteiger charge is -2.06. The molecule has 2 aromatic rings. The van der Waals surface area contributed by atoms with Crippen LogP contribution in [0.2, 0.25) is 0 Å². The van der Waals surface area contributed by atoms with Gasteiger partial charge < -0.3 is 0 Å². The minimum absolute atomic E-state index is 1.12. The number of nitrogens with zero attached hydrogens (tertiary/aromatic N) is 1. The minimum Gasteiger partial charge on any atom is -0.256 e. The normalized spacial score (nSPS) is 10.8. The van der Waals surface area contributed by atoms with Gasteiger partial charge in [-0.3, -0.25) is 4.98 Å². The number of hydrogen-bond donors (Lipinski definition) is 0. The molecule has 0 saturated heterocycles. The summed E-state index contributed by atoms with van der Waals surface area (Å²) in [6, 6.07) is 8.60. The zero-order valence-electron chi connectivity index (χ0n) is 9.46. The van der Waals surface area contributed by atoms with Gasteiger partial charge in [-0.05, 0) is 49.1 Å². The van der Waals surface area contributed by atoms with Crippen LogP contribution in [0.25, 0.3) is 10.9 Å². The first kappa shape index (κ1) is 10.2. The molecule has 1 nitrogen and oxygen atoms in total. The van der Waals surface area contributed by atoms with Gasteiger partial charge in [-0.15, -0.1) is 0 Å². The fraction of sp³-hybridized carbons (Fsp3) is 0.357. The minimum atomic E-state index is 1.12. The third-order valence-corrected chi connectivity index (χ3v) is 2.86. The lowest BCUT2D eigenvalue weighted by Crippen LogP contribution is -1.91. The maximum absolute atomic E-state index is 4.39. The first-order valence-corrected chi connectivity index (χ1v) is 5.65. The summed E-state index contributed by atoms with van der Waals surface area (Å²) >= 11 is 0. The van der Waals surface area contributed by atoms with Crippen molar-refractivity contribution in [1.29, 1.82) is 0 Å². The van der Waals surface area contributed by atoms with Crippen molar-refractivity contribution in [3.8, 4) is 0 Å². The Morgan fingerprint density at radius 2 is 2.13 bits per heavy atom. The van der Waals surface area contributed by atoms with Gasteiger partial charge in [0, 0.05) is 11.6 Å².